The van der Waals surface area contributed by atoms with Crippen molar-refractivity contribution in [3.8, 4) is 0 Å². The summed E-state index contributed by atoms with van der Waals surface area (Å²) in [5, 5.41) is 22.0. The Balaban J connectivity index is 1.68. The molecule has 0 aliphatic carbocycles. The average molecular weight is 311 g/mol. The third kappa shape index (κ3) is 3.15. The molecule has 0 aliphatic rings. The number of aromatic nitrogens is 4. The smallest absolute Gasteiger partial charge is 0.277 e. The minimum Gasteiger partial charge on any atom is -0.619 e. The van der Waals surface area contributed by atoms with Crippen molar-refractivity contribution >= 4 is 16.8 Å². The Labute approximate surface area is 130 Å². The molecule has 0 radical (unpaired) electrons. The molecule has 1 aromatic carbocycles. The fourth-order valence-corrected chi connectivity index (χ4v) is 2.14. The molecule has 1 amide bonds. The van der Waals surface area contributed by atoms with E-state index in [4.69, 9.17) is 0 Å². The van der Waals surface area contributed by atoms with Crippen LogP contribution in [0.2, 0.25) is 0 Å². The summed E-state index contributed by atoms with van der Waals surface area (Å²) in [6.45, 7) is 0.381. The van der Waals surface area contributed by atoms with Crippen LogP contribution < -0.4 is 15.6 Å². The van der Waals surface area contributed by atoms with Crippen molar-refractivity contribution in [1.29, 1.82) is 0 Å². The lowest BCUT2D eigenvalue weighted by molar-refractivity contribution is -0.605. The minimum absolute atomic E-state index is 0.187. The molecule has 0 saturated carbocycles. The van der Waals surface area contributed by atoms with Crippen LogP contribution >= 0.6 is 0 Å². The van der Waals surface area contributed by atoms with Crippen LogP contribution in [0, 0.1) is 5.21 Å². The van der Waals surface area contributed by atoms with Gasteiger partial charge < -0.3 is 10.5 Å². The minimum atomic E-state index is -0.392. The molecule has 8 nitrogen and oxygen atoms in total. The van der Waals surface area contributed by atoms with E-state index in [0.717, 1.165) is 0 Å². The molecule has 2 aromatic heterocycles. The molecule has 0 spiro atoms. The van der Waals surface area contributed by atoms with Crippen molar-refractivity contribution in [3.05, 3.63) is 69.9 Å². The van der Waals surface area contributed by atoms with Gasteiger partial charge in [0.15, 0.2) is 12.4 Å². The van der Waals surface area contributed by atoms with Crippen LogP contribution in [0.3, 0.4) is 0 Å². The number of hydrogen-bond acceptors (Lipinski definition) is 5. The van der Waals surface area contributed by atoms with E-state index in [1.165, 1.54) is 29.2 Å². The molecule has 0 bridgehead atoms. The van der Waals surface area contributed by atoms with Crippen LogP contribution in [0.25, 0.3) is 10.9 Å². The molecule has 0 saturated heterocycles. The van der Waals surface area contributed by atoms with Gasteiger partial charge in [-0.1, -0.05) is 17.3 Å². The number of nitrogens with zero attached hydrogens (tertiary/aromatic N) is 4. The number of rotatable bonds is 4. The molecule has 0 unspecified atom stereocenters. The van der Waals surface area contributed by atoms with E-state index in [1.54, 1.807) is 24.3 Å². The van der Waals surface area contributed by atoms with E-state index in [0.29, 0.717) is 15.6 Å². The highest BCUT2D eigenvalue weighted by atomic mass is 16.5. The summed E-state index contributed by atoms with van der Waals surface area (Å²) in [7, 11) is 0. The number of nitrogens with one attached hydrogen (secondary N) is 1. The summed E-state index contributed by atoms with van der Waals surface area (Å²) in [6, 6.07) is 9.95. The molecule has 3 rings (SSSR count). The quantitative estimate of drug-likeness (QED) is 0.533. The number of benzene rings is 1. The second-order valence-electron chi connectivity index (χ2n) is 4.84. The Morgan fingerprint density at radius 1 is 1.26 bits per heavy atom. The van der Waals surface area contributed by atoms with Gasteiger partial charge in [-0.05, 0) is 18.2 Å². The van der Waals surface area contributed by atoms with Crippen molar-refractivity contribution in [1.82, 2.24) is 20.3 Å². The highest BCUT2D eigenvalue weighted by Gasteiger charge is 2.09. The first-order chi connectivity index (χ1) is 11.1. The zero-order valence-corrected chi connectivity index (χ0v) is 12.0. The van der Waals surface area contributed by atoms with E-state index in [2.05, 4.69) is 15.6 Å². The second kappa shape index (κ2) is 6.22. The Hall–Kier alpha value is -3.29. The Bertz CT molecular complexity index is 922. The number of carbonyl (C=O) groups excluding carboxylic acids is 1. The van der Waals surface area contributed by atoms with Crippen LogP contribution in [0.5, 0.6) is 0 Å². The zero-order chi connectivity index (χ0) is 16.2. The van der Waals surface area contributed by atoms with Gasteiger partial charge >= 0.3 is 0 Å². The molecule has 8 heteroatoms. The monoisotopic (exact) mass is 311 g/mol. The molecule has 23 heavy (non-hydrogen) atoms. The number of amides is 1. The summed E-state index contributed by atoms with van der Waals surface area (Å²) in [6.07, 6.45) is 2.47. The SMILES string of the molecule is O=C(NCCn1nnc2ccccc2c1=O)c1ccc[n+]([O-])c1. The van der Waals surface area contributed by atoms with Gasteiger partial charge in [-0.3, -0.25) is 9.59 Å². The van der Waals surface area contributed by atoms with E-state index >= 15 is 0 Å². The molecule has 2 heterocycles. The fourth-order valence-electron chi connectivity index (χ4n) is 2.14. The first kappa shape index (κ1) is 14.6. The molecule has 0 aliphatic heterocycles. The fraction of sp³-hybridized carbons (Fsp3) is 0.133. The first-order valence-electron chi connectivity index (χ1n) is 6.95. The number of pyridine rings is 1. The van der Waals surface area contributed by atoms with Crippen LogP contribution in [0.1, 0.15) is 10.4 Å². The summed E-state index contributed by atoms with van der Waals surface area (Å²) in [5.41, 5.74) is 0.517. The summed E-state index contributed by atoms with van der Waals surface area (Å²) < 4.78 is 1.75. The normalized spacial score (nSPS) is 10.6. The predicted molar refractivity (Wildman–Crippen MR) is 81.5 cm³/mol. The van der Waals surface area contributed by atoms with E-state index in [9.17, 15) is 14.8 Å². The molecule has 3 aromatic rings. The number of fused-ring (bicyclic) bond motifs is 1. The van der Waals surface area contributed by atoms with Gasteiger partial charge in [0.05, 0.1) is 11.9 Å². The highest BCUT2D eigenvalue weighted by molar-refractivity contribution is 5.93. The van der Waals surface area contributed by atoms with Crippen LogP contribution in [0.4, 0.5) is 0 Å². The first-order valence-corrected chi connectivity index (χ1v) is 6.95. The van der Waals surface area contributed by atoms with Gasteiger partial charge in [0.1, 0.15) is 11.1 Å². The predicted octanol–water partition coefficient (Wildman–Crippen LogP) is -0.145. The van der Waals surface area contributed by atoms with Gasteiger partial charge in [0.2, 0.25) is 0 Å². The lowest BCUT2D eigenvalue weighted by atomic mass is 10.2. The standard InChI is InChI=1S/C15H13N5O3/c21-14(11-4-3-8-19(23)10-11)16-7-9-20-15(22)12-5-1-2-6-13(12)17-18-20/h1-6,8,10H,7,9H2,(H,16,21). The molecular weight excluding hydrogens is 298 g/mol. The maximum absolute atomic E-state index is 12.2. The van der Waals surface area contributed by atoms with Gasteiger partial charge in [0.25, 0.3) is 11.5 Å². The van der Waals surface area contributed by atoms with Crippen molar-refractivity contribution in [2.24, 2.45) is 0 Å². The summed E-state index contributed by atoms with van der Waals surface area (Å²) in [4.78, 5) is 24.1. The third-order valence-electron chi connectivity index (χ3n) is 3.28. The maximum Gasteiger partial charge on any atom is 0.277 e. The van der Waals surface area contributed by atoms with Gasteiger partial charge in [-0.15, -0.1) is 5.10 Å². The molecule has 0 fully saturated rings. The van der Waals surface area contributed by atoms with Crippen molar-refractivity contribution < 1.29 is 9.52 Å². The van der Waals surface area contributed by atoms with E-state index in [-0.39, 0.29) is 24.2 Å². The van der Waals surface area contributed by atoms with Gasteiger partial charge in [-0.25, -0.2) is 4.68 Å². The lowest BCUT2D eigenvalue weighted by Gasteiger charge is -2.06. The topological polar surface area (TPSA) is 104 Å². The second-order valence-corrected chi connectivity index (χ2v) is 4.84. The summed E-state index contributed by atoms with van der Waals surface area (Å²) in [5.74, 6) is -0.392. The average Bonchev–Trinajstić information content (AvgIpc) is 2.57. The number of hydrogen-bond donors (Lipinski definition) is 1. The van der Waals surface area contributed by atoms with Crippen LogP contribution in [-0.4, -0.2) is 27.4 Å². The molecule has 0 atom stereocenters. The largest absolute Gasteiger partial charge is 0.619 e. The highest BCUT2D eigenvalue weighted by Crippen LogP contribution is 2.03. The van der Waals surface area contributed by atoms with Crippen molar-refractivity contribution in [3.63, 3.8) is 0 Å². The third-order valence-corrected chi connectivity index (χ3v) is 3.28. The molecule has 1 N–H and O–H groups in total. The van der Waals surface area contributed by atoms with E-state index < -0.39 is 5.91 Å². The zero-order valence-electron chi connectivity index (χ0n) is 12.0. The molecule has 116 valence electrons. The summed E-state index contributed by atoms with van der Waals surface area (Å²) >= 11 is 0. The molecular formula is C15H13N5O3. The van der Waals surface area contributed by atoms with Gasteiger partial charge in [0, 0.05) is 12.6 Å². The van der Waals surface area contributed by atoms with Crippen LogP contribution in [0.15, 0.2) is 53.6 Å². The number of carbonyl (C=O) groups is 1. The van der Waals surface area contributed by atoms with Gasteiger partial charge in [-0.2, -0.15) is 4.73 Å². The van der Waals surface area contributed by atoms with Crippen molar-refractivity contribution in [2.45, 2.75) is 6.54 Å². The maximum atomic E-state index is 12.2. The Kier molecular flexibility index (Phi) is 3.96. The Morgan fingerprint density at radius 3 is 2.91 bits per heavy atom. The lowest BCUT2D eigenvalue weighted by Crippen LogP contribution is -2.34. The Morgan fingerprint density at radius 2 is 2.09 bits per heavy atom. The van der Waals surface area contributed by atoms with Crippen LogP contribution in [-0.2, 0) is 6.54 Å². The van der Waals surface area contributed by atoms with Crippen molar-refractivity contribution in [2.75, 3.05) is 6.54 Å². The van der Waals surface area contributed by atoms with E-state index in [1.807, 2.05) is 0 Å².